The van der Waals surface area contributed by atoms with Gasteiger partial charge >= 0.3 is 0 Å². The Hall–Kier alpha value is -3.03. The number of carbonyl (C=O) groups excluding carboxylic acids is 3. The highest BCUT2D eigenvalue weighted by Gasteiger charge is 2.51. The van der Waals surface area contributed by atoms with Crippen molar-refractivity contribution in [3.8, 4) is 5.75 Å². The van der Waals surface area contributed by atoms with Gasteiger partial charge in [-0.25, -0.2) is 0 Å². The summed E-state index contributed by atoms with van der Waals surface area (Å²) in [6, 6.07) is 13.9. The van der Waals surface area contributed by atoms with Crippen LogP contribution in [0, 0.1) is 12.8 Å². The van der Waals surface area contributed by atoms with Gasteiger partial charge in [0.2, 0.25) is 5.78 Å². The minimum absolute atomic E-state index is 0.321. The van der Waals surface area contributed by atoms with Crippen LogP contribution in [0.15, 0.2) is 48.5 Å². The number of aryl methyl sites for hydroxylation is 1. The fourth-order valence-corrected chi connectivity index (χ4v) is 4.65. The highest BCUT2D eigenvalue weighted by Crippen LogP contribution is 2.38. The Morgan fingerprint density at radius 3 is 2.50 bits per heavy atom. The Morgan fingerprint density at radius 1 is 1.12 bits per heavy atom. The summed E-state index contributed by atoms with van der Waals surface area (Å²) in [5.41, 5.74) is 1.96. The average molecular weight is 438 g/mol. The number of rotatable bonds is 7. The molecule has 0 bridgehead atoms. The lowest BCUT2D eigenvalue weighted by molar-refractivity contribution is -0.907. The lowest BCUT2D eigenvalue weighted by atomic mass is 9.85. The molecule has 0 aromatic heterocycles. The number of amides is 1. The van der Waals surface area contributed by atoms with E-state index in [-0.39, 0.29) is 5.78 Å². The maximum Gasteiger partial charge on any atom is 0.291 e. The fraction of sp³-hybridized carbons (Fsp3) is 0.400. The molecule has 0 aliphatic carbocycles. The molecule has 2 saturated heterocycles. The smallest absolute Gasteiger partial charge is 0.291 e. The normalized spacial score (nSPS) is 21.8. The first-order valence-electron chi connectivity index (χ1n) is 11.0. The summed E-state index contributed by atoms with van der Waals surface area (Å²) in [5, 5.41) is 0. The van der Waals surface area contributed by atoms with E-state index in [0.29, 0.717) is 37.6 Å². The summed E-state index contributed by atoms with van der Waals surface area (Å²) in [6.07, 6.45) is 0. The molecule has 2 aromatic rings. The van der Waals surface area contributed by atoms with E-state index in [9.17, 15) is 14.4 Å². The Bertz CT molecular complexity index is 1000. The van der Waals surface area contributed by atoms with Crippen LogP contribution in [0.3, 0.4) is 0 Å². The van der Waals surface area contributed by atoms with Gasteiger partial charge in [-0.15, -0.1) is 0 Å². The molecule has 2 aliphatic rings. The first-order valence-corrected chi connectivity index (χ1v) is 11.0. The van der Waals surface area contributed by atoms with Gasteiger partial charge in [-0.3, -0.25) is 14.4 Å². The zero-order valence-corrected chi connectivity index (χ0v) is 18.5. The van der Waals surface area contributed by atoms with Crippen LogP contribution in [0.2, 0.25) is 0 Å². The average Bonchev–Trinajstić information content (AvgIpc) is 3.08. The predicted molar refractivity (Wildman–Crippen MR) is 118 cm³/mol. The highest BCUT2D eigenvalue weighted by atomic mass is 16.5. The molecule has 0 radical (unpaired) electrons. The molecule has 168 valence electrons. The van der Waals surface area contributed by atoms with E-state index in [1.165, 1.54) is 4.90 Å². The van der Waals surface area contributed by atoms with Crippen molar-refractivity contribution in [1.29, 1.82) is 0 Å². The van der Waals surface area contributed by atoms with Gasteiger partial charge in [0, 0.05) is 5.56 Å². The summed E-state index contributed by atoms with van der Waals surface area (Å²) in [5.74, 6) is -1.94. The van der Waals surface area contributed by atoms with Crippen LogP contribution in [0.5, 0.6) is 5.75 Å². The molecule has 7 nitrogen and oxygen atoms in total. The van der Waals surface area contributed by atoms with Crippen molar-refractivity contribution in [2.75, 3.05) is 46.5 Å². The first-order chi connectivity index (χ1) is 15.5. The third kappa shape index (κ3) is 4.31. The minimum Gasteiger partial charge on any atom is -0.497 e. The molecule has 7 heteroatoms. The molecule has 1 amide bonds. The van der Waals surface area contributed by atoms with E-state index in [1.54, 1.807) is 30.2 Å². The Morgan fingerprint density at radius 2 is 1.84 bits per heavy atom. The number of Topliss-reactive ketones (excluding diaryl/α,β-unsaturated/α-hetero) is 2. The van der Waals surface area contributed by atoms with Gasteiger partial charge in [0.25, 0.3) is 5.91 Å². The Balaban J connectivity index is 1.66. The zero-order chi connectivity index (χ0) is 22.7. The number of ether oxygens (including phenoxy) is 2. The fourth-order valence-electron chi connectivity index (χ4n) is 4.65. The number of morpholine rings is 1. The number of carbonyl (C=O) groups is 3. The first kappa shape index (κ1) is 22.2. The van der Waals surface area contributed by atoms with Crippen molar-refractivity contribution < 1.29 is 28.8 Å². The van der Waals surface area contributed by atoms with Gasteiger partial charge in [0.15, 0.2) is 5.78 Å². The summed E-state index contributed by atoms with van der Waals surface area (Å²) >= 11 is 0. The van der Waals surface area contributed by atoms with E-state index in [1.807, 2.05) is 37.3 Å². The topological polar surface area (TPSA) is 77.4 Å². The molecule has 2 aromatic carbocycles. The SMILES string of the molecule is COc1ccc(C(=O)C2C(=O)C(=O)N(CC[NH+]3CCOCC3)C2c2ccccc2)c(C)c1. The number of hydrogen-bond donors (Lipinski definition) is 1. The van der Waals surface area contributed by atoms with Crippen LogP contribution >= 0.6 is 0 Å². The van der Waals surface area contributed by atoms with Crippen molar-refractivity contribution >= 4 is 17.5 Å². The predicted octanol–water partition coefficient (Wildman–Crippen LogP) is 0.870. The second-order valence-corrected chi connectivity index (χ2v) is 8.35. The standard InChI is InChI=1S/C25H28N2O5/c1-17-16-19(31-2)8-9-20(17)23(28)21-22(18-6-4-3-5-7-18)27(25(30)24(21)29)11-10-26-12-14-32-15-13-26/h3-9,16,21-22H,10-15H2,1-2H3/p+1. The minimum atomic E-state index is -1.06. The molecular weight excluding hydrogens is 408 g/mol. The molecule has 0 saturated carbocycles. The molecule has 2 heterocycles. The maximum atomic E-state index is 13.6. The molecule has 2 atom stereocenters. The molecule has 0 spiro atoms. The molecule has 2 fully saturated rings. The van der Waals surface area contributed by atoms with Gasteiger partial charge in [-0.2, -0.15) is 0 Å². The van der Waals surface area contributed by atoms with Crippen molar-refractivity contribution in [3.63, 3.8) is 0 Å². The number of benzene rings is 2. The number of nitrogens with zero attached hydrogens (tertiary/aromatic N) is 1. The van der Waals surface area contributed by atoms with Crippen LogP contribution in [-0.2, 0) is 14.3 Å². The quantitative estimate of drug-likeness (QED) is 0.395. The summed E-state index contributed by atoms with van der Waals surface area (Å²) in [7, 11) is 1.56. The third-order valence-electron chi connectivity index (χ3n) is 6.43. The number of likely N-dealkylation sites (tertiary alicyclic amines) is 1. The molecule has 2 aliphatic heterocycles. The van der Waals surface area contributed by atoms with E-state index in [2.05, 4.69) is 0 Å². The number of methoxy groups -OCH3 is 1. The molecular formula is C25H29N2O5+. The molecule has 2 unspecified atom stereocenters. The maximum absolute atomic E-state index is 13.6. The van der Waals surface area contributed by atoms with E-state index in [4.69, 9.17) is 9.47 Å². The number of quaternary nitrogens is 1. The summed E-state index contributed by atoms with van der Waals surface area (Å²) in [4.78, 5) is 42.7. The van der Waals surface area contributed by atoms with Crippen LogP contribution in [0.1, 0.15) is 27.5 Å². The van der Waals surface area contributed by atoms with Crippen LogP contribution in [0.4, 0.5) is 0 Å². The van der Waals surface area contributed by atoms with Crippen LogP contribution in [-0.4, -0.2) is 68.9 Å². The van der Waals surface area contributed by atoms with Crippen molar-refractivity contribution in [2.24, 2.45) is 5.92 Å². The van der Waals surface area contributed by atoms with E-state index in [0.717, 1.165) is 24.2 Å². The van der Waals surface area contributed by atoms with Gasteiger partial charge in [0.05, 0.1) is 39.5 Å². The summed E-state index contributed by atoms with van der Waals surface area (Å²) < 4.78 is 10.7. The summed E-state index contributed by atoms with van der Waals surface area (Å²) in [6.45, 7) is 6.09. The number of hydrogen-bond acceptors (Lipinski definition) is 5. The molecule has 32 heavy (non-hydrogen) atoms. The number of nitrogens with one attached hydrogen (secondary N) is 1. The van der Waals surface area contributed by atoms with Crippen LogP contribution in [0.25, 0.3) is 0 Å². The van der Waals surface area contributed by atoms with Crippen molar-refractivity contribution in [2.45, 2.75) is 13.0 Å². The lowest BCUT2D eigenvalue weighted by Crippen LogP contribution is -3.14. The van der Waals surface area contributed by atoms with Crippen molar-refractivity contribution in [3.05, 3.63) is 65.2 Å². The van der Waals surface area contributed by atoms with Gasteiger partial charge in [-0.1, -0.05) is 30.3 Å². The lowest BCUT2D eigenvalue weighted by Gasteiger charge is -2.30. The van der Waals surface area contributed by atoms with Crippen LogP contribution < -0.4 is 9.64 Å². The number of ketones is 2. The largest absolute Gasteiger partial charge is 0.497 e. The van der Waals surface area contributed by atoms with Gasteiger partial charge < -0.3 is 19.3 Å². The van der Waals surface area contributed by atoms with Gasteiger partial charge in [0.1, 0.15) is 24.8 Å². The highest BCUT2D eigenvalue weighted by molar-refractivity contribution is 6.44. The monoisotopic (exact) mass is 437 g/mol. The molecule has 4 rings (SSSR count). The Labute approximate surface area is 187 Å². The second-order valence-electron chi connectivity index (χ2n) is 8.35. The third-order valence-corrected chi connectivity index (χ3v) is 6.43. The van der Waals surface area contributed by atoms with Crippen molar-refractivity contribution in [1.82, 2.24) is 4.90 Å². The van der Waals surface area contributed by atoms with E-state index >= 15 is 0 Å². The van der Waals surface area contributed by atoms with E-state index < -0.39 is 23.7 Å². The Kier molecular flexibility index (Phi) is 6.67. The second kappa shape index (κ2) is 9.63. The van der Waals surface area contributed by atoms with Gasteiger partial charge in [-0.05, 0) is 36.2 Å². The molecule has 1 N–H and O–H groups in total. The zero-order valence-electron chi connectivity index (χ0n) is 18.5.